The van der Waals surface area contributed by atoms with Gasteiger partial charge < -0.3 is 4.57 Å². The summed E-state index contributed by atoms with van der Waals surface area (Å²) in [6.07, 6.45) is 7.75. The number of hydrazone groups is 1. The molecule has 1 aromatic heterocycles. The van der Waals surface area contributed by atoms with E-state index >= 15 is 0 Å². The zero-order chi connectivity index (χ0) is 25.8. The smallest absolute Gasteiger partial charge is 0.269 e. The summed E-state index contributed by atoms with van der Waals surface area (Å²) in [6.45, 7) is 3.98. The lowest BCUT2D eigenvalue weighted by Crippen LogP contribution is -2.38. The third-order valence-corrected chi connectivity index (χ3v) is 8.06. The monoisotopic (exact) mass is 494 g/mol. The van der Waals surface area contributed by atoms with Crippen LogP contribution in [0.5, 0.6) is 0 Å². The van der Waals surface area contributed by atoms with Crippen molar-refractivity contribution in [1.29, 1.82) is 0 Å². The summed E-state index contributed by atoms with van der Waals surface area (Å²) in [5.74, 6) is -0.608. The number of nitro benzene ring substituents is 1. The Morgan fingerprint density at radius 1 is 0.892 bits per heavy atom. The number of hydrogen-bond donors (Lipinski definition) is 0. The fourth-order valence-electron chi connectivity index (χ4n) is 6.19. The highest BCUT2D eigenvalue weighted by molar-refractivity contribution is 6.06. The van der Waals surface area contributed by atoms with E-state index in [0.29, 0.717) is 0 Å². The van der Waals surface area contributed by atoms with Crippen LogP contribution in [0.15, 0.2) is 71.9 Å². The first-order valence-corrected chi connectivity index (χ1v) is 12.5. The average molecular weight is 495 g/mol. The van der Waals surface area contributed by atoms with Crippen molar-refractivity contribution in [3.05, 3.63) is 93.8 Å². The van der Waals surface area contributed by atoms with Gasteiger partial charge in [0.25, 0.3) is 17.5 Å². The van der Waals surface area contributed by atoms with Crippen LogP contribution in [0, 0.1) is 47.6 Å². The lowest BCUT2D eigenvalue weighted by molar-refractivity contribution is -0.384. The molecule has 8 heteroatoms. The van der Waals surface area contributed by atoms with E-state index in [-0.39, 0.29) is 41.2 Å². The van der Waals surface area contributed by atoms with E-state index in [1.54, 1.807) is 18.3 Å². The molecule has 3 aliphatic carbocycles. The van der Waals surface area contributed by atoms with Crippen molar-refractivity contribution in [2.45, 2.75) is 26.7 Å². The fourth-order valence-corrected chi connectivity index (χ4v) is 6.19. The van der Waals surface area contributed by atoms with Gasteiger partial charge in [-0.05, 0) is 80.0 Å². The minimum atomic E-state index is -0.408. The van der Waals surface area contributed by atoms with Crippen molar-refractivity contribution < 1.29 is 14.5 Å². The quantitative estimate of drug-likeness (QED) is 0.160. The first-order valence-electron chi connectivity index (χ1n) is 12.5. The molecule has 8 nitrogen and oxygen atoms in total. The Bertz CT molecular complexity index is 1450. The molecule has 1 aliphatic heterocycles. The Morgan fingerprint density at radius 2 is 1.43 bits per heavy atom. The van der Waals surface area contributed by atoms with Crippen molar-refractivity contribution in [2.24, 2.45) is 28.8 Å². The molecule has 4 atom stereocenters. The molecule has 0 N–H and O–H groups in total. The van der Waals surface area contributed by atoms with Gasteiger partial charge in [-0.3, -0.25) is 19.7 Å². The number of aryl methyl sites for hydroxylation is 1. The zero-order valence-electron chi connectivity index (χ0n) is 20.6. The second-order valence-electron chi connectivity index (χ2n) is 10.1. The predicted octanol–water partition coefficient (Wildman–Crippen LogP) is 5.20. The van der Waals surface area contributed by atoms with E-state index < -0.39 is 4.92 Å². The molecule has 1 saturated carbocycles. The first-order chi connectivity index (χ1) is 17.8. The standard InChI is InChI=1S/C29H26N4O4/c1-17-15-23(16-30-32-28(34)26-21-3-4-22(6-5-21)27(26)29(32)35)18(2)31(17)24-11-7-19(8-12-24)20-9-13-25(14-10-20)33(36)37/h3-4,7-16,21-22,26-27H,5-6H2,1-2H3/b30-16-/t21-,22-,26-,27+/m0/s1. The van der Waals surface area contributed by atoms with E-state index in [9.17, 15) is 19.7 Å². The summed E-state index contributed by atoms with van der Waals surface area (Å²) in [5, 5.41) is 16.4. The number of aromatic nitrogens is 1. The van der Waals surface area contributed by atoms with E-state index in [1.807, 2.05) is 44.2 Å². The summed E-state index contributed by atoms with van der Waals surface area (Å²) in [7, 11) is 0. The molecule has 3 aromatic rings. The van der Waals surface area contributed by atoms with Gasteiger partial charge in [0, 0.05) is 34.8 Å². The molecule has 0 spiro atoms. The number of allylic oxidation sites excluding steroid dienone is 2. The Morgan fingerprint density at radius 3 is 1.95 bits per heavy atom. The van der Waals surface area contributed by atoms with Gasteiger partial charge >= 0.3 is 0 Å². The van der Waals surface area contributed by atoms with Gasteiger partial charge in [0.05, 0.1) is 23.0 Å². The number of carbonyl (C=O) groups excluding carboxylic acids is 2. The molecule has 1 saturated heterocycles. The molecule has 2 aromatic carbocycles. The van der Waals surface area contributed by atoms with Crippen molar-refractivity contribution in [3.8, 4) is 16.8 Å². The Hall–Kier alpha value is -4.33. The summed E-state index contributed by atoms with van der Waals surface area (Å²) in [6, 6.07) is 16.4. The predicted molar refractivity (Wildman–Crippen MR) is 139 cm³/mol. The zero-order valence-corrected chi connectivity index (χ0v) is 20.6. The minimum Gasteiger partial charge on any atom is -0.318 e. The summed E-state index contributed by atoms with van der Waals surface area (Å²) >= 11 is 0. The maximum atomic E-state index is 13.1. The van der Waals surface area contributed by atoms with E-state index in [2.05, 4.69) is 21.8 Å². The van der Waals surface area contributed by atoms with Crippen LogP contribution in [-0.2, 0) is 9.59 Å². The van der Waals surface area contributed by atoms with Crippen LogP contribution in [0.25, 0.3) is 16.8 Å². The number of benzene rings is 2. The average Bonchev–Trinajstić information content (AvgIpc) is 3.35. The number of nitrogens with zero attached hydrogens (tertiary/aromatic N) is 4. The van der Waals surface area contributed by atoms with Gasteiger partial charge in [0.1, 0.15) is 0 Å². The highest BCUT2D eigenvalue weighted by atomic mass is 16.6. The summed E-state index contributed by atoms with van der Waals surface area (Å²) < 4.78 is 2.10. The fraction of sp³-hybridized carbons (Fsp3) is 0.276. The number of carbonyl (C=O) groups is 2. The van der Waals surface area contributed by atoms with Crippen LogP contribution < -0.4 is 0 Å². The summed E-state index contributed by atoms with van der Waals surface area (Å²) in [4.78, 5) is 36.6. The van der Waals surface area contributed by atoms with Crippen LogP contribution in [0.3, 0.4) is 0 Å². The maximum Gasteiger partial charge on any atom is 0.269 e. The van der Waals surface area contributed by atoms with Gasteiger partial charge in [-0.1, -0.05) is 24.3 Å². The number of rotatable bonds is 5. The third-order valence-electron chi connectivity index (χ3n) is 8.06. The number of non-ortho nitro benzene ring substituents is 1. The molecule has 2 bridgehead atoms. The van der Waals surface area contributed by atoms with Crippen molar-refractivity contribution >= 4 is 23.7 Å². The van der Waals surface area contributed by atoms with Gasteiger partial charge in [-0.15, -0.1) is 0 Å². The van der Waals surface area contributed by atoms with Crippen molar-refractivity contribution in [3.63, 3.8) is 0 Å². The van der Waals surface area contributed by atoms with Crippen LogP contribution in [-0.4, -0.2) is 32.5 Å². The topological polar surface area (TPSA) is 97.8 Å². The highest BCUT2D eigenvalue weighted by Gasteiger charge is 2.56. The third kappa shape index (κ3) is 3.71. The number of fused-ring (bicyclic) bond motifs is 1. The normalized spacial score (nSPS) is 24.3. The Labute approximate surface area is 214 Å². The number of nitro groups is 1. The largest absolute Gasteiger partial charge is 0.318 e. The van der Waals surface area contributed by atoms with Gasteiger partial charge in [-0.2, -0.15) is 10.1 Å². The maximum absolute atomic E-state index is 13.1. The van der Waals surface area contributed by atoms with Crippen molar-refractivity contribution in [2.75, 3.05) is 0 Å². The molecule has 2 fully saturated rings. The number of amides is 2. The minimum absolute atomic E-state index is 0.0632. The Kier molecular flexibility index (Phi) is 5.40. The number of hydrogen-bond acceptors (Lipinski definition) is 5. The second-order valence-corrected chi connectivity index (χ2v) is 10.1. The van der Waals surface area contributed by atoms with E-state index in [1.165, 1.54) is 12.1 Å². The lowest BCUT2D eigenvalue weighted by Gasteiger charge is -2.37. The molecular weight excluding hydrogens is 468 g/mol. The molecule has 0 unspecified atom stereocenters. The van der Waals surface area contributed by atoms with Gasteiger partial charge in [-0.25, -0.2) is 0 Å². The van der Waals surface area contributed by atoms with Crippen LogP contribution in [0.4, 0.5) is 5.69 Å². The lowest BCUT2D eigenvalue weighted by atomic mass is 9.63. The molecule has 186 valence electrons. The molecule has 37 heavy (non-hydrogen) atoms. The van der Waals surface area contributed by atoms with E-state index in [0.717, 1.165) is 51.6 Å². The van der Waals surface area contributed by atoms with Gasteiger partial charge in [0.15, 0.2) is 0 Å². The highest BCUT2D eigenvalue weighted by Crippen LogP contribution is 2.49. The van der Waals surface area contributed by atoms with Crippen LogP contribution in [0.2, 0.25) is 0 Å². The molecule has 4 aliphatic rings. The van der Waals surface area contributed by atoms with E-state index in [4.69, 9.17) is 0 Å². The molecule has 2 heterocycles. The molecular formula is C29H26N4O4. The molecule has 2 amide bonds. The van der Waals surface area contributed by atoms with Crippen molar-refractivity contribution in [1.82, 2.24) is 9.58 Å². The molecule has 7 rings (SSSR count). The SMILES string of the molecule is Cc1cc(/C=N\N2C(=O)[C@@H]3[C@H](C2=O)[C@H]2C=C[C@H]3CC2)c(C)n1-c1ccc(-c2ccc([N+](=O)[O-])cc2)cc1. The number of imide groups is 1. The first kappa shape index (κ1) is 23.1. The van der Waals surface area contributed by atoms with Crippen LogP contribution >= 0.6 is 0 Å². The van der Waals surface area contributed by atoms with Gasteiger partial charge in [0.2, 0.25) is 0 Å². The van der Waals surface area contributed by atoms with Crippen LogP contribution in [0.1, 0.15) is 29.8 Å². The Balaban J connectivity index is 1.23. The molecule has 0 radical (unpaired) electrons. The summed E-state index contributed by atoms with van der Waals surface area (Å²) in [5.41, 5.74) is 5.66. The second kappa shape index (κ2) is 8.65.